The lowest BCUT2D eigenvalue weighted by Gasteiger charge is -2.06. The van der Waals surface area contributed by atoms with E-state index < -0.39 is 5.97 Å². The van der Waals surface area contributed by atoms with Gasteiger partial charge in [0.1, 0.15) is 17.1 Å². The van der Waals surface area contributed by atoms with Crippen molar-refractivity contribution in [2.75, 3.05) is 13.7 Å². The van der Waals surface area contributed by atoms with Crippen LogP contribution >= 0.6 is 11.3 Å². The number of aryl methyl sites for hydroxylation is 1. The average molecular weight is 306 g/mol. The fraction of sp³-hybridized carbons (Fsp3) is 0.200. The first kappa shape index (κ1) is 15.1. The maximum absolute atomic E-state index is 11.8. The number of methoxy groups -OCH3 is 1. The number of phenolic OH excluding ortho intramolecular Hbond substituents is 1. The first-order valence-electron chi connectivity index (χ1n) is 6.15. The number of aromatic hydroxyl groups is 1. The molecule has 1 aromatic heterocycles. The van der Waals surface area contributed by atoms with Gasteiger partial charge in [-0.2, -0.15) is 0 Å². The number of esters is 1. The molecule has 2 rings (SSSR count). The lowest BCUT2D eigenvalue weighted by molar-refractivity contribution is 0.0473. The van der Waals surface area contributed by atoms with Crippen LogP contribution in [0.1, 0.15) is 24.9 Å². The molecule has 2 aromatic rings. The van der Waals surface area contributed by atoms with E-state index in [4.69, 9.17) is 9.47 Å². The molecular weight excluding hydrogens is 292 g/mol. The van der Waals surface area contributed by atoms with Gasteiger partial charge >= 0.3 is 5.97 Å². The molecule has 0 saturated heterocycles. The third kappa shape index (κ3) is 3.61. The SMILES string of the molecule is COc1ccc(C(=O)OCC(=O)c2ccc(C)s2)c(O)c1. The van der Waals surface area contributed by atoms with E-state index in [1.54, 1.807) is 6.07 Å². The largest absolute Gasteiger partial charge is 0.507 e. The fourth-order valence-corrected chi connectivity index (χ4v) is 2.47. The Morgan fingerprint density at radius 2 is 2.00 bits per heavy atom. The lowest BCUT2D eigenvalue weighted by Crippen LogP contribution is -2.13. The fourth-order valence-electron chi connectivity index (χ4n) is 1.68. The summed E-state index contributed by atoms with van der Waals surface area (Å²) in [4.78, 5) is 25.2. The number of ketones is 1. The van der Waals surface area contributed by atoms with Crippen LogP contribution in [0.15, 0.2) is 30.3 Å². The maximum atomic E-state index is 11.8. The highest BCUT2D eigenvalue weighted by Gasteiger charge is 2.16. The van der Waals surface area contributed by atoms with Crippen molar-refractivity contribution in [3.05, 3.63) is 45.6 Å². The van der Waals surface area contributed by atoms with E-state index in [9.17, 15) is 14.7 Å². The molecule has 0 bridgehead atoms. The van der Waals surface area contributed by atoms with Crippen molar-refractivity contribution < 1.29 is 24.2 Å². The Labute approximate surface area is 125 Å². The number of Topliss-reactive ketones (excluding diaryl/α,β-unsaturated/α-hetero) is 1. The number of benzene rings is 1. The van der Waals surface area contributed by atoms with Crippen LogP contribution in [0.25, 0.3) is 0 Å². The summed E-state index contributed by atoms with van der Waals surface area (Å²) in [5, 5.41) is 9.71. The minimum Gasteiger partial charge on any atom is -0.507 e. The zero-order valence-electron chi connectivity index (χ0n) is 11.6. The molecule has 5 nitrogen and oxygen atoms in total. The van der Waals surface area contributed by atoms with Crippen LogP contribution in [0.2, 0.25) is 0 Å². The molecule has 1 heterocycles. The van der Waals surface area contributed by atoms with Gasteiger partial charge in [0.2, 0.25) is 5.78 Å². The molecule has 0 aliphatic carbocycles. The summed E-state index contributed by atoms with van der Waals surface area (Å²) in [6, 6.07) is 7.74. The molecule has 0 aliphatic rings. The summed E-state index contributed by atoms with van der Waals surface area (Å²) in [7, 11) is 1.45. The van der Waals surface area contributed by atoms with Gasteiger partial charge in [-0.15, -0.1) is 11.3 Å². The quantitative estimate of drug-likeness (QED) is 0.679. The second-order valence-corrected chi connectivity index (χ2v) is 5.58. The van der Waals surface area contributed by atoms with Gasteiger partial charge in [-0.05, 0) is 31.2 Å². The predicted octanol–water partition coefficient (Wildman–Crippen LogP) is 2.81. The molecule has 0 atom stereocenters. The first-order valence-corrected chi connectivity index (χ1v) is 6.96. The number of hydrogen-bond acceptors (Lipinski definition) is 6. The molecule has 0 amide bonds. The van der Waals surface area contributed by atoms with Crippen LogP contribution in [-0.4, -0.2) is 30.6 Å². The predicted molar refractivity (Wildman–Crippen MR) is 78.3 cm³/mol. The van der Waals surface area contributed by atoms with Crippen molar-refractivity contribution in [1.82, 2.24) is 0 Å². The molecular formula is C15H14O5S. The Kier molecular flexibility index (Phi) is 4.59. The Morgan fingerprint density at radius 1 is 1.24 bits per heavy atom. The third-order valence-electron chi connectivity index (χ3n) is 2.77. The topological polar surface area (TPSA) is 72.8 Å². The molecule has 0 saturated carbocycles. The molecule has 0 fully saturated rings. The van der Waals surface area contributed by atoms with Crippen molar-refractivity contribution in [1.29, 1.82) is 0 Å². The van der Waals surface area contributed by atoms with Crippen LogP contribution in [-0.2, 0) is 4.74 Å². The van der Waals surface area contributed by atoms with Gasteiger partial charge in [0.15, 0.2) is 6.61 Å². The Hall–Kier alpha value is -2.34. The minimum atomic E-state index is -0.753. The van der Waals surface area contributed by atoms with Crippen molar-refractivity contribution in [3.63, 3.8) is 0 Å². The van der Waals surface area contributed by atoms with Crippen molar-refractivity contribution in [2.24, 2.45) is 0 Å². The summed E-state index contributed by atoms with van der Waals surface area (Å²) < 4.78 is 9.85. The highest BCUT2D eigenvalue weighted by Crippen LogP contribution is 2.24. The second-order valence-electron chi connectivity index (χ2n) is 4.29. The second kappa shape index (κ2) is 6.41. The van der Waals surface area contributed by atoms with Crippen molar-refractivity contribution >= 4 is 23.1 Å². The van der Waals surface area contributed by atoms with Gasteiger partial charge in [0.05, 0.1) is 12.0 Å². The molecule has 6 heteroatoms. The van der Waals surface area contributed by atoms with Crippen LogP contribution in [0.4, 0.5) is 0 Å². The number of phenols is 1. The molecule has 21 heavy (non-hydrogen) atoms. The Morgan fingerprint density at radius 3 is 2.57 bits per heavy atom. The summed E-state index contributed by atoms with van der Waals surface area (Å²) in [6.45, 7) is 1.53. The number of carbonyl (C=O) groups excluding carboxylic acids is 2. The van der Waals surface area contributed by atoms with Gasteiger partial charge in [-0.1, -0.05) is 0 Å². The third-order valence-corrected chi connectivity index (χ3v) is 3.82. The van der Waals surface area contributed by atoms with Gasteiger partial charge in [-0.25, -0.2) is 4.79 Å². The highest BCUT2D eigenvalue weighted by atomic mass is 32.1. The number of thiophene rings is 1. The van der Waals surface area contributed by atoms with E-state index in [2.05, 4.69) is 0 Å². The molecule has 0 aliphatic heterocycles. The molecule has 0 unspecified atom stereocenters. The van der Waals surface area contributed by atoms with Crippen molar-refractivity contribution in [3.8, 4) is 11.5 Å². The van der Waals surface area contributed by atoms with Gasteiger partial charge in [0.25, 0.3) is 0 Å². The number of hydrogen-bond donors (Lipinski definition) is 1. The van der Waals surface area contributed by atoms with E-state index in [1.165, 1.54) is 36.6 Å². The van der Waals surface area contributed by atoms with E-state index in [1.807, 2.05) is 13.0 Å². The van der Waals surface area contributed by atoms with Crippen LogP contribution in [0.5, 0.6) is 11.5 Å². The molecule has 1 aromatic carbocycles. The normalized spacial score (nSPS) is 10.2. The minimum absolute atomic E-state index is 0.00837. The number of carbonyl (C=O) groups is 2. The highest BCUT2D eigenvalue weighted by molar-refractivity contribution is 7.14. The lowest BCUT2D eigenvalue weighted by atomic mass is 10.2. The molecule has 0 radical (unpaired) electrons. The maximum Gasteiger partial charge on any atom is 0.342 e. The first-order chi connectivity index (χ1) is 10.0. The summed E-state index contributed by atoms with van der Waals surface area (Å²) in [5.41, 5.74) is -0.00837. The standard InChI is InChI=1S/C15H14O5S/c1-9-3-6-14(21-9)13(17)8-20-15(18)11-5-4-10(19-2)7-12(11)16/h3-7,16H,8H2,1-2H3. The molecule has 110 valence electrons. The van der Waals surface area contributed by atoms with E-state index in [0.29, 0.717) is 10.6 Å². The Balaban J connectivity index is 2.00. The van der Waals surface area contributed by atoms with Gasteiger partial charge in [-0.3, -0.25) is 4.79 Å². The van der Waals surface area contributed by atoms with E-state index in [0.717, 1.165) is 4.88 Å². The summed E-state index contributed by atoms with van der Waals surface area (Å²) in [6.07, 6.45) is 0. The van der Waals surface area contributed by atoms with E-state index in [-0.39, 0.29) is 23.7 Å². The van der Waals surface area contributed by atoms with Crippen LogP contribution in [0.3, 0.4) is 0 Å². The van der Waals surface area contributed by atoms with Gasteiger partial charge in [0, 0.05) is 10.9 Å². The van der Waals surface area contributed by atoms with Crippen molar-refractivity contribution in [2.45, 2.75) is 6.92 Å². The van der Waals surface area contributed by atoms with Crippen LogP contribution in [0, 0.1) is 6.92 Å². The average Bonchev–Trinajstić information content (AvgIpc) is 2.90. The summed E-state index contributed by atoms with van der Waals surface area (Å²) in [5.74, 6) is -0.848. The van der Waals surface area contributed by atoms with Crippen LogP contribution < -0.4 is 4.74 Å². The summed E-state index contributed by atoms with van der Waals surface area (Å²) >= 11 is 1.34. The van der Waals surface area contributed by atoms with Gasteiger partial charge < -0.3 is 14.6 Å². The molecule has 1 N–H and O–H groups in total. The van der Waals surface area contributed by atoms with E-state index >= 15 is 0 Å². The zero-order valence-corrected chi connectivity index (χ0v) is 12.4. The Bertz CT molecular complexity index is 674. The zero-order chi connectivity index (χ0) is 15.4. The molecule has 0 spiro atoms. The number of rotatable bonds is 5. The number of ether oxygens (including phenoxy) is 2. The smallest absolute Gasteiger partial charge is 0.342 e. The monoisotopic (exact) mass is 306 g/mol.